The first-order valence-corrected chi connectivity index (χ1v) is 14.1. The van der Waals surface area contributed by atoms with Crippen molar-refractivity contribution in [2.45, 2.75) is 19.9 Å². The van der Waals surface area contributed by atoms with E-state index in [1.54, 1.807) is 13.0 Å². The van der Waals surface area contributed by atoms with E-state index < -0.39 is 15.9 Å². The summed E-state index contributed by atoms with van der Waals surface area (Å²) in [6.07, 6.45) is 3.79. The minimum atomic E-state index is -3.35. The highest BCUT2D eigenvalue weighted by molar-refractivity contribution is 7.89. The number of sulfonamides is 1. The van der Waals surface area contributed by atoms with Crippen LogP contribution in [-0.4, -0.2) is 61.7 Å². The van der Waals surface area contributed by atoms with Crippen molar-refractivity contribution in [1.82, 2.24) is 28.7 Å². The van der Waals surface area contributed by atoms with Gasteiger partial charge in [0.05, 0.1) is 17.8 Å². The highest BCUT2D eigenvalue weighted by atomic mass is 32.2. The lowest BCUT2D eigenvalue weighted by Gasteiger charge is -2.14. The number of hydrogen-bond acceptors (Lipinski definition) is 7. The Hall–Kier alpha value is -4.09. The first-order valence-electron chi connectivity index (χ1n) is 12.5. The number of ketones is 1. The summed E-state index contributed by atoms with van der Waals surface area (Å²) in [4.78, 5) is 17.8. The highest BCUT2D eigenvalue weighted by Crippen LogP contribution is 2.34. The van der Waals surface area contributed by atoms with Crippen LogP contribution < -0.4 is 5.73 Å². The second kappa shape index (κ2) is 9.34. The van der Waals surface area contributed by atoms with Crippen molar-refractivity contribution in [3.05, 3.63) is 78.4 Å². The van der Waals surface area contributed by atoms with Gasteiger partial charge in [-0.3, -0.25) is 9.48 Å². The maximum Gasteiger partial charge on any atom is 0.213 e. The summed E-state index contributed by atoms with van der Waals surface area (Å²) in [5.74, 6) is -0.342. The maximum absolute atomic E-state index is 13.6. The second-order valence-electron chi connectivity index (χ2n) is 9.54. The summed E-state index contributed by atoms with van der Waals surface area (Å²) in [6, 6.07) is 17.8. The van der Waals surface area contributed by atoms with Gasteiger partial charge in [-0.1, -0.05) is 42.5 Å². The lowest BCUT2D eigenvalue weighted by atomic mass is 10.00. The van der Waals surface area contributed by atoms with Gasteiger partial charge in [0.1, 0.15) is 17.5 Å². The molecule has 0 amide bonds. The Labute approximate surface area is 219 Å². The zero-order valence-electron chi connectivity index (χ0n) is 20.9. The predicted octanol–water partition coefficient (Wildman–Crippen LogP) is 3.23. The number of nitrogen functional groups attached to an aromatic ring is 1. The first-order chi connectivity index (χ1) is 18.3. The fourth-order valence-corrected chi connectivity index (χ4v) is 6.29. The van der Waals surface area contributed by atoms with E-state index in [0.717, 1.165) is 27.6 Å². The van der Waals surface area contributed by atoms with Crippen molar-refractivity contribution < 1.29 is 13.2 Å². The standard InChI is InChI=1S/C27H27N7O3S/c1-2-38(36,37)33-11-10-21(16-33)26(35)24-13-22(25-27(28)29-17-30-34(24)25)19-8-9-20-15-32(31-23(20)12-19)14-18-6-4-3-5-7-18/h3-9,12-13,15,17,21H,2,10-11,14,16H2,1H3,(H2,28,29,30). The number of benzene rings is 2. The Morgan fingerprint density at radius 3 is 2.74 bits per heavy atom. The quantitative estimate of drug-likeness (QED) is 0.321. The molecule has 1 atom stereocenters. The molecule has 11 heteroatoms. The van der Waals surface area contributed by atoms with Gasteiger partial charge in [0.2, 0.25) is 10.0 Å². The van der Waals surface area contributed by atoms with Crippen LogP contribution in [0.5, 0.6) is 0 Å². The number of nitrogens with two attached hydrogens (primary N) is 1. The van der Waals surface area contributed by atoms with E-state index in [4.69, 9.17) is 10.8 Å². The van der Waals surface area contributed by atoms with Crippen LogP contribution in [0.15, 0.2) is 67.1 Å². The molecule has 0 aliphatic carbocycles. The number of aromatic nitrogens is 5. The van der Waals surface area contributed by atoms with Crippen LogP contribution in [0, 0.1) is 5.92 Å². The molecule has 0 radical (unpaired) electrons. The molecule has 2 N–H and O–H groups in total. The van der Waals surface area contributed by atoms with E-state index >= 15 is 0 Å². The summed E-state index contributed by atoms with van der Waals surface area (Å²) >= 11 is 0. The average Bonchev–Trinajstić information content (AvgIpc) is 3.66. The smallest absolute Gasteiger partial charge is 0.213 e. The Bertz CT molecular complexity index is 1780. The number of carbonyl (C=O) groups excluding carboxylic acids is 1. The van der Waals surface area contributed by atoms with E-state index in [0.29, 0.717) is 30.7 Å². The van der Waals surface area contributed by atoms with Crippen molar-refractivity contribution in [1.29, 1.82) is 0 Å². The molecule has 38 heavy (non-hydrogen) atoms. The van der Waals surface area contributed by atoms with Gasteiger partial charge in [0, 0.05) is 36.2 Å². The van der Waals surface area contributed by atoms with Gasteiger partial charge in [-0.05, 0) is 36.6 Å². The molecule has 1 unspecified atom stereocenters. The monoisotopic (exact) mass is 529 g/mol. The lowest BCUT2D eigenvalue weighted by Crippen LogP contribution is -2.31. The molecule has 1 aliphatic rings. The Morgan fingerprint density at radius 1 is 1.13 bits per heavy atom. The van der Waals surface area contributed by atoms with Crippen molar-refractivity contribution >= 4 is 38.0 Å². The van der Waals surface area contributed by atoms with Crippen LogP contribution in [0.25, 0.3) is 27.5 Å². The van der Waals surface area contributed by atoms with E-state index in [-0.39, 0.29) is 23.9 Å². The maximum atomic E-state index is 13.6. The fourth-order valence-electron chi connectivity index (χ4n) is 5.14. The van der Waals surface area contributed by atoms with Gasteiger partial charge in [-0.25, -0.2) is 22.2 Å². The number of hydrogen-bond donors (Lipinski definition) is 1. The second-order valence-corrected chi connectivity index (χ2v) is 11.8. The van der Waals surface area contributed by atoms with Gasteiger partial charge in [0.25, 0.3) is 0 Å². The normalized spacial score (nSPS) is 16.5. The van der Waals surface area contributed by atoms with Crippen molar-refractivity contribution in [2.24, 2.45) is 5.92 Å². The Kier molecular flexibility index (Phi) is 5.96. The Morgan fingerprint density at radius 2 is 1.95 bits per heavy atom. The SMILES string of the molecule is CCS(=O)(=O)N1CCC(C(=O)c2cc(-c3ccc4cn(Cc5ccccc5)nc4c3)c3c(N)ncnn23)C1. The number of carbonyl (C=O) groups is 1. The van der Waals surface area contributed by atoms with Gasteiger partial charge >= 0.3 is 0 Å². The van der Waals surface area contributed by atoms with E-state index in [9.17, 15) is 13.2 Å². The molecule has 2 aromatic carbocycles. The molecule has 0 spiro atoms. The summed E-state index contributed by atoms with van der Waals surface area (Å²) in [5, 5.41) is 10.1. The number of anilines is 1. The molecule has 1 fully saturated rings. The van der Waals surface area contributed by atoms with Crippen LogP contribution in [-0.2, 0) is 16.6 Å². The first kappa shape index (κ1) is 24.3. The molecule has 5 aromatic rings. The summed E-state index contributed by atoms with van der Waals surface area (Å²) < 4.78 is 29.5. The number of fused-ring (bicyclic) bond motifs is 2. The topological polar surface area (TPSA) is 128 Å². The number of rotatable bonds is 7. The largest absolute Gasteiger partial charge is 0.382 e. The summed E-state index contributed by atoms with van der Waals surface area (Å²) in [5.41, 5.74) is 10.7. The third-order valence-electron chi connectivity index (χ3n) is 7.17. The highest BCUT2D eigenvalue weighted by Gasteiger charge is 2.36. The van der Waals surface area contributed by atoms with Crippen LogP contribution in [0.2, 0.25) is 0 Å². The molecule has 0 saturated carbocycles. The van der Waals surface area contributed by atoms with Crippen LogP contribution >= 0.6 is 0 Å². The van der Waals surface area contributed by atoms with Gasteiger partial charge in [-0.2, -0.15) is 10.2 Å². The average molecular weight is 530 g/mol. The van der Waals surface area contributed by atoms with E-state index in [1.807, 2.05) is 47.3 Å². The van der Waals surface area contributed by atoms with Crippen molar-refractivity contribution in [3.8, 4) is 11.1 Å². The van der Waals surface area contributed by atoms with Gasteiger partial charge in [0.15, 0.2) is 11.6 Å². The van der Waals surface area contributed by atoms with Gasteiger partial charge < -0.3 is 5.73 Å². The zero-order chi connectivity index (χ0) is 26.4. The molecule has 3 aromatic heterocycles. The Balaban J connectivity index is 1.37. The van der Waals surface area contributed by atoms with E-state index in [2.05, 4.69) is 22.2 Å². The van der Waals surface area contributed by atoms with Gasteiger partial charge in [-0.15, -0.1) is 0 Å². The molecule has 1 saturated heterocycles. The minimum absolute atomic E-state index is 0.0134. The van der Waals surface area contributed by atoms with Crippen molar-refractivity contribution in [2.75, 3.05) is 24.6 Å². The molecular formula is C27H27N7O3S. The molecule has 10 nitrogen and oxygen atoms in total. The van der Waals surface area contributed by atoms with E-state index in [1.165, 1.54) is 15.1 Å². The molecule has 6 rings (SSSR count). The molecule has 4 heterocycles. The van der Waals surface area contributed by atoms with Crippen LogP contribution in [0.4, 0.5) is 5.82 Å². The molecular weight excluding hydrogens is 502 g/mol. The lowest BCUT2D eigenvalue weighted by molar-refractivity contribution is 0.0920. The molecule has 0 bridgehead atoms. The number of nitrogens with zero attached hydrogens (tertiary/aromatic N) is 6. The third kappa shape index (κ3) is 4.23. The molecule has 1 aliphatic heterocycles. The summed E-state index contributed by atoms with van der Waals surface area (Å²) in [6.45, 7) is 2.77. The third-order valence-corrected chi connectivity index (χ3v) is 9.02. The molecule has 194 valence electrons. The minimum Gasteiger partial charge on any atom is -0.382 e. The van der Waals surface area contributed by atoms with Crippen LogP contribution in [0.1, 0.15) is 29.4 Å². The fraction of sp³-hybridized carbons (Fsp3) is 0.259. The zero-order valence-corrected chi connectivity index (χ0v) is 21.7. The van der Waals surface area contributed by atoms with Crippen LogP contribution in [0.3, 0.4) is 0 Å². The number of Topliss-reactive ketones (excluding diaryl/α,β-unsaturated/α-hetero) is 1. The van der Waals surface area contributed by atoms with Crippen molar-refractivity contribution in [3.63, 3.8) is 0 Å². The predicted molar refractivity (Wildman–Crippen MR) is 145 cm³/mol. The summed E-state index contributed by atoms with van der Waals surface area (Å²) in [7, 11) is -3.35.